The topological polar surface area (TPSA) is 76.8 Å². The van der Waals surface area contributed by atoms with E-state index >= 15 is 0 Å². The van der Waals surface area contributed by atoms with E-state index in [-0.39, 0.29) is 17.8 Å². The van der Waals surface area contributed by atoms with Gasteiger partial charge in [-0.2, -0.15) is 0 Å². The highest BCUT2D eigenvalue weighted by atomic mass is 16.5. The molecule has 2 aromatic heterocycles. The molecular weight excluding hydrogens is 430 g/mol. The van der Waals surface area contributed by atoms with Gasteiger partial charge in [-0.05, 0) is 36.2 Å². The van der Waals surface area contributed by atoms with Gasteiger partial charge in [0.05, 0.1) is 19.8 Å². The lowest BCUT2D eigenvalue weighted by molar-refractivity contribution is 0.0529. The predicted molar refractivity (Wildman–Crippen MR) is 131 cm³/mol. The number of fused-ring (bicyclic) bond motifs is 1. The molecule has 7 heteroatoms. The lowest BCUT2D eigenvalue weighted by atomic mass is 10.0. The summed E-state index contributed by atoms with van der Waals surface area (Å²) in [5.74, 6) is 1.60. The Morgan fingerprint density at radius 2 is 2.03 bits per heavy atom. The van der Waals surface area contributed by atoms with Gasteiger partial charge in [0.15, 0.2) is 0 Å². The van der Waals surface area contributed by atoms with Crippen LogP contribution in [-0.2, 0) is 11.3 Å². The summed E-state index contributed by atoms with van der Waals surface area (Å²) in [6.45, 7) is 4.76. The van der Waals surface area contributed by atoms with E-state index in [2.05, 4.69) is 22.1 Å². The van der Waals surface area contributed by atoms with E-state index in [1.807, 2.05) is 54.6 Å². The number of rotatable bonds is 6. The second kappa shape index (κ2) is 9.57. The van der Waals surface area contributed by atoms with Crippen molar-refractivity contribution in [1.29, 1.82) is 0 Å². The van der Waals surface area contributed by atoms with Crippen LogP contribution in [0.25, 0.3) is 22.1 Å². The highest BCUT2D eigenvalue weighted by Crippen LogP contribution is 2.36. The number of nitrogens with one attached hydrogen (secondary N) is 1. The van der Waals surface area contributed by atoms with Gasteiger partial charge in [-0.1, -0.05) is 36.4 Å². The maximum Gasteiger partial charge on any atom is 0.287 e. The number of aromatic nitrogens is 1. The van der Waals surface area contributed by atoms with Gasteiger partial charge in [0.25, 0.3) is 5.91 Å². The van der Waals surface area contributed by atoms with Crippen molar-refractivity contribution in [2.24, 2.45) is 0 Å². The second-order valence-electron chi connectivity index (χ2n) is 8.37. The minimum atomic E-state index is -0.278. The standard InChI is InChI=1S/C27H27N3O4/c1-18-17-30(12-13-33-18)24-11-8-19(15-28-24)16-29-27(31)26-25(20-6-4-3-5-7-20)22-10-9-21(32-2)14-23(22)34-26/h3-11,14-15,18H,12-13,16-17H2,1-2H3,(H,29,31). The SMILES string of the molecule is COc1ccc2c(-c3ccccc3)c(C(=O)NCc3ccc(N4CCOC(C)C4)nc3)oc2c1. The van der Waals surface area contributed by atoms with Gasteiger partial charge >= 0.3 is 0 Å². The van der Waals surface area contributed by atoms with E-state index in [0.717, 1.165) is 41.0 Å². The molecule has 3 heterocycles. The van der Waals surface area contributed by atoms with E-state index in [1.54, 1.807) is 19.4 Å². The molecule has 2 aromatic carbocycles. The molecule has 0 saturated carbocycles. The van der Waals surface area contributed by atoms with Crippen molar-refractivity contribution < 1.29 is 18.7 Å². The van der Waals surface area contributed by atoms with E-state index in [1.165, 1.54) is 0 Å². The molecule has 5 rings (SSSR count). The maximum atomic E-state index is 13.2. The number of morpholine rings is 1. The Balaban J connectivity index is 1.36. The number of ether oxygens (including phenoxy) is 2. The van der Waals surface area contributed by atoms with Crippen LogP contribution in [0.4, 0.5) is 5.82 Å². The third-order valence-electron chi connectivity index (χ3n) is 5.99. The van der Waals surface area contributed by atoms with E-state index in [9.17, 15) is 4.79 Å². The Bertz CT molecular complexity index is 1280. The van der Waals surface area contributed by atoms with Crippen LogP contribution in [0.3, 0.4) is 0 Å². The van der Waals surface area contributed by atoms with Crippen molar-refractivity contribution in [1.82, 2.24) is 10.3 Å². The van der Waals surface area contributed by atoms with Crippen LogP contribution in [0.15, 0.2) is 71.3 Å². The molecule has 1 aliphatic heterocycles. The molecule has 174 valence electrons. The molecular formula is C27H27N3O4. The minimum Gasteiger partial charge on any atom is -0.497 e. The summed E-state index contributed by atoms with van der Waals surface area (Å²) in [5, 5.41) is 3.85. The molecule has 1 fully saturated rings. The monoisotopic (exact) mass is 457 g/mol. The molecule has 1 unspecified atom stereocenters. The van der Waals surface area contributed by atoms with Gasteiger partial charge in [-0.25, -0.2) is 4.98 Å². The normalized spacial score (nSPS) is 15.9. The van der Waals surface area contributed by atoms with Crippen LogP contribution < -0.4 is 15.0 Å². The molecule has 1 aliphatic rings. The number of anilines is 1. The molecule has 1 N–H and O–H groups in total. The van der Waals surface area contributed by atoms with Gasteiger partial charge in [-0.15, -0.1) is 0 Å². The van der Waals surface area contributed by atoms with Crippen molar-refractivity contribution in [3.05, 3.63) is 78.2 Å². The van der Waals surface area contributed by atoms with Gasteiger partial charge < -0.3 is 24.1 Å². The average molecular weight is 458 g/mol. The average Bonchev–Trinajstić information content (AvgIpc) is 3.27. The Kier molecular flexibility index (Phi) is 6.18. The molecule has 34 heavy (non-hydrogen) atoms. The molecule has 0 radical (unpaired) electrons. The highest BCUT2D eigenvalue weighted by Gasteiger charge is 2.22. The third kappa shape index (κ3) is 4.47. The smallest absolute Gasteiger partial charge is 0.287 e. The minimum absolute atomic E-state index is 0.192. The third-order valence-corrected chi connectivity index (χ3v) is 5.99. The number of hydrogen-bond donors (Lipinski definition) is 1. The van der Waals surface area contributed by atoms with Crippen molar-refractivity contribution in [2.45, 2.75) is 19.6 Å². The molecule has 4 aromatic rings. The zero-order valence-electron chi connectivity index (χ0n) is 19.3. The number of carbonyl (C=O) groups excluding carboxylic acids is 1. The summed E-state index contributed by atoms with van der Waals surface area (Å²) >= 11 is 0. The number of amides is 1. The Morgan fingerprint density at radius 1 is 1.18 bits per heavy atom. The number of carbonyl (C=O) groups is 1. The van der Waals surface area contributed by atoms with Crippen LogP contribution in [0.5, 0.6) is 5.75 Å². The van der Waals surface area contributed by atoms with E-state index in [4.69, 9.17) is 13.9 Å². The van der Waals surface area contributed by atoms with Crippen LogP contribution in [0, 0.1) is 0 Å². The molecule has 1 amide bonds. The van der Waals surface area contributed by atoms with Gasteiger partial charge in [0.1, 0.15) is 17.2 Å². The summed E-state index contributed by atoms with van der Waals surface area (Å²) in [5.41, 5.74) is 3.21. The maximum absolute atomic E-state index is 13.2. The first kappa shape index (κ1) is 22.0. The van der Waals surface area contributed by atoms with Crippen molar-refractivity contribution in [2.75, 3.05) is 31.7 Å². The van der Waals surface area contributed by atoms with Crippen LogP contribution in [0.2, 0.25) is 0 Å². The summed E-state index contributed by atoms with van der Waals surface area (Å²) in [4.78, 5) is 20.0. The number of pyridine rings is 1. The summed E-state index contributed by atoms with van der Waals surface area (Å²) in [7, 11) is 1.61. The summed E-state index contributed by atoms with van der Waals surface area (Å²) in [6.07, 6.45) is 1.99. The van der Waals surface area contributed by atoms with Gasteiger partial charge in [-0.3, -0.25) is 4.79 Å². The number of furan rings is 1. The van der Waals surface area contributed by atoms with Crippen LogP contribution in [0.1, 0.15) is 23.0 Å². The van der Waals surface area contributed by atoms with Crippen molar-refractivity contribution in [3.8, 4) is 16.9 Å². The van der Waals surface area contributed by atoms with Gasteiger partial charge in [0.2, 0.25) is 5.76 Å². The largest absolute Gasteiger partial charge is 0.497 e. The highest BCUT2D eigenvalue weighted by molar-refractivity contribution is 6.08. The number of hydrogen-bond acceptors (Lipinski definition) is 6. The number of nitrogens with zero attached hydrogens (tertiary/aromatic N) is 2. The van der Waals surface area contributed by atoms with Crippen LogP contribution >= 0.6 is 0 Å². The first-order valence-corrected chi connectivity index (χ1v) is 11.4. The predicted octanol–water partition coefficient (Wildman–Crippen LogP) is 4.66. The fraction of sp³-hybridized carbons (Fsp3) is 0.259. The molecule has 0 aliphatic carbocycles. The first-order valence-electron chi connectivity index (χ1n) is 11.4. The van der Waals surface area contributed by atoms with E-state index < -0.39 is 0 Å². The lowest BCUT2D eigenvalue weighted by Crippen LogP contribution is -2.41. The quantitative estimate of drug-likeness (QED) is 0.454. The Morgan fingerprint density at radius 3 is 2.76 bits per heavy atom. The van der Waals surface area contributed by atoms with Crippen LogP contribution in [-0.4, -0.2) is 43.8 Å². The number of methoxy groups -OCH3 is 1. The summed E-state index contributed by atoms with van der Waals surface area (Å²) < 4.78 is 17.0. The van der Waals surface area contributed by atoms with Crippen molar-refractivity contribution >= 4 is 22.7 Å². The number of benzene rings is 2. The van der Waals surface area contributed by atoms with E-state index in [0.29, 0.717) is 24.5 Å². The van der Waals surface area contributed by atoms with Gasteiger partial charge in [0, 0.05) is 42.8 Å². The summed E-state index contributed by atoms with van der Waals surface area (Å²) in [6, 6.07) is 19.4. The molecule has 0 spiro atoms. The molecule has 7 nitrogen and oxygen atoms in total. The second-order valence-corrected chi connectivity index (χ2v) is 8.37. The fourth-order valence-electron chi connectivity index (χ4n) is 4.25. The zero-order chi connectivity index (χ0) is 23.5. The Labute approximate surface area is 198 Å². The molecule has 1 atom stereocenters. The molecule has 1 saturated heterocycles. The Hall–Kier alpha value is -3.84. The lowest BCUT2D eigenvalue weighted by Gasteiger charge is -2.32. The fourth-order valence-corrected chi connectivity index (χ4v) is 4.25. The molecule has 0 bridgehead atoms. The first-order chi connectivity index (χ1) is 16.6. The zero-order valence-corrected chi connectivity index (χ0v) is 19.3. The van der Waals surface area contributed by atoms with Crippen molar-refractivity contribution in [3.63, 3.8) is 0 Å².